The van der Waals surface area contributed by atoms with Crippen molar-refractivity contribution in [2.75, 3.05) is 13.7 Å². The highest BCUT2D eigenvalue weighted by Gasteiger charge is 2.06. The number of rotatable bonds is 4. The molecular weight excluding hydrogens is 120 g/mol. The van der Waals surface area contributed by atoms with E-state index in [0.29, 0.717) is 13.0 Å². The molecule has 0 aromatic carbocycles. The molecule has 0 aliphatic heterocycles. The van der Waals surface area contributed by atoms with E-state index in [4.69, 9.17) is 11.5 Å². The van der Waals surface area contributed by atoms with Gasteiger partial charge in [-0.2, -0.15) is 0 Å². The first kappa shape index (κ1) is 8.39. The highest BCUT2D eigenvalue weighted by molar-refractivity contribution is 5.79. The molecule has 0 fully saturated rings. The fourth-order valence-corrected chi connectivity index (χ4v) is 0.387. The van der Waals surface area contributed by atoms with Gasteiger partial charge in [0.15, 0.2) is 0 Å². The quantitative estimate of drug-likeness (QED) is 0.506. The van der Waals surface area contributed by atoms with E-state index in [1.165, 1.54) is 0 Å². The van der Waals surface area contributed by atoms with Gasteiger partial charge in [0.05, 0.1) is 6.04 Å². The van der Waals surface area contributed by atoms with Gasteiger partial charge >= 0.3 is 0 Å². The topological polar surface area (TPSA) is 78.3 Å². The third-order valence-electron chi connectivity index (χ3n) is 0.998. The standard InChI is InChI=1S/C5H12N2O2/c1-9-3-2-4(6)5(7)8/h4H,2-3,6H2,1H3,(H2,7,8). The summed E-state index contributed by atoms with van der Waals surface area (Å²) in [7, 11) is 1.55. The summed E-state index contributed by atoms with van der Waals surface area (Å²) in [6.07, 6.45) is 0.492. The van der Waals surface area contributed by atoms with Crippen LogP contribution in [0.4, 0.5) is 0 Å². The van der Waals surface area contributed by atoms with Crippen molar-refractivity contribution in [3.05, 3.63) is 0 Å². The molecule has 1 atom stereocenters. The maximum Gasteiger partial charge on any atom is 0.234 e. The average Bonchev–Trinajstić information content (AvgIpc) is 1.82. The zero-order chi connectivity index (χ0) is 7.28. The van der Waals surface area contributed by atoms with Gasteiger partial charge in [0.25, 0.3) is 0 Å². The Morgan fingerprint density at radius 1 is 1.78 bits per heavy atom. The van der Waals surface area contributed by atoms with Gasteiger partial charge in [-0.3, -0.25) is 4.79 Å². The van der Waals surface area contributed by atoms with E-state index in [1.54, 1.807) is 7.11 Å². The van der Waals surface area contributed by atoms with Gasteiger partial charge in [-0.25, -0.2) is 0 Å². The van der Waals surface area contributed by atoms with Gasteiger partial charge in [-0.05, 0) is 6.42 Å². The van der Waals surface area contributed by atoms with Crippen molar-refractivity contribution in [1.29, 1.82) is 0 Å². The lowest BCUT2D eigenvalue weighted by atomic mass is 10.2. The summed E-state index contributed by atoms with van der Waals surface area (Å²) >= 11 is 0. The predicted octanol–water partition coefficient (Wildman–Crippen LogP) is -1.16. The van der Waals surface area contributed by atoms with Crippen LogP contribution in [-0.2, 0) is 9.53 Å². The summed E-state index contributed by atoms with van der Waals surface area (Å²) < 4.78 is 4.67. The molecule has 0 saturated carbocycles. The van der Waals surface area contributed by atoms with Crippen molar-refractivity contribution < 1.29 is 9.53 Å². The summed E-state index contributed by atoms with van der Waals surface area (Å²) in [5.74, 6) is -0.480. The van der Waals surface area contributed by atoms with Crippen molar-refractivity contribution in [3.63, 3.8) is 0 Å². The second-order valence-electron chi connectivity index (χ2n) is 1.79. The lowest BCUT2D eigenvalue weighted by Gasteiger charge is -2.04. The molecule has 0 rings (SSSR count). The number of methoxy groups -OCH3 is 1. The Balaban J connectivity index is 3.27. The Kier molecular flexibility index (Phi) is 4.00. The van der Waals surface area contributed by atoms with E-state index in [9.17, 15) is 4.79 Å². The third kappa shape index (κ3) is 3.93. The average molecular weight is 132 g/mol. The number of amides is 1. The molecule has 0 spiro atoms. The van der Waals surface area contributed by atoms with Gasteiger partial charge in [0.1, 0.15) is 0 Å². The van der Waals surface area contributed by atoms with E-state index < -0.39 is 11.9 Å². The Labute approximate surface area is 54.2 Å². The summed E-state index contributed by atoms with van der Waals surface area (Å²) in [4.78, 5) is 10.2. The van der Waals surface area contributed by atoms with Gasteiger partial charge in [-0.1, -0.05) is 0 Å². The molecule has 0 aliphatic carbocycles. The summed E-state index contributed by atoms with van der Waals surface area (Å²) in [6.45, 7) is 0.476. The number of carbonyl (C=O) groups excluding carboxylic acids is 1. The first-order valence-corrected chi connectivity index (χ1v) is 2.72. The summed E-state index contributed by atoms with van der Waals surface area (Å²) in [5.41, 5.74) is 10.1. The van der Waals surface area contributed by atoms with Crippen LogP contribution in [-0.4, -0.2) is 25.7 Å². The van der Waals surface area contributed by atoms with Crippen LogP contribution in [0, 0.1) is 0 Å². The number of hydrogen-bond donors (Lipinski definition) is 2. The van der Waals surface area contributed by atoms with Gasteiger partial charge < -0.3 is 16.2 Å². The van der Waals surface area contributed by atoms with E-state index in [-0.39, 0.29) is 0 Å². The minimum Gasteiger partial charge on any atom is -0.385 e. The second kappa shape index (κ2) is 4.29. The van der Waals surface area contributed by atoms with Crippen LogP contribution < -0.4 is 11.5 Å². The van der Waals surface area contributed by atoms with Crippen molar-refractivity contribution in [2.24, 2.45) is 11.5 Å². The molecule has 0 radical (unpaired) electrons. The molecule has 1 unspecified atom stereocenters. The normalized spacial score (nSPS) is 13.1. The van der Waals surface area contributed by atoms with Crippen LogP contribution in [0.25, 0.3) is 0 Å². The minimum atomic E-state index is -0.565. The van der Waals surface area contributed by atoms with Crippen LogP contribution >= 0.6 is 0 Å². The number of ether oxygens (including phenoxy) is 1. The smallest absolute Gasteiger partial charge is 0.234 e. The fraction of sp³-hybridized carbons (Fsp3) is 0.800. The first-order chi connectivity index (χ1) is 4.18. The maximum atomic E-state index is 10.2. The number of primary amides is 1. The minimum absolute atomic E-state index is 0.476. The largest absolute Gasteiger partial charge is 0.385 e. The molecular formula is C5H12N2O2. The van der Waals surface area contributed by atoms with Crippen LogP contribution in [0.3, 0.4) is 0 Å². The summed E-state index contributed by atoms with van der Waals surface area (Å²) in [5, 5.41) is 0. The lowest BCUT2D eigenvalue weighted by molar-refractivity contribution is -0.119. The molecule has 0 saturated heterocycles. The van der Waals surface area contributed by atoms with E-state index >= 15 is 0 Å². The molecule has 4 nitrogen and oxygen atoms in total. The number of hydrogen-bond acceptors (Lipinski definition) is 3. The zero-order valence-electron chi connectivity index (χ0n) is 5.46. The number of nitrogens with two attached hydrogens (primary N) is 2. The van der Waals surface area contributed by atoms with Crippen molar-refractivity contribution >= 4 is 5.91 Å². The molecule has 0 aromatic heterocycles. The van der Waals surface area contributed by atoms with Gasteiger partial charge in [0.2, 0.25) is 5.91 Å². The van der Waals surface area contributed by atoms with Crippen molar-refractivity contribution in [3.8, 4) is 0 Å². The third-order valence-corrected chi connectivity index (χ3v) is 0.998. The molecule has 0 aliphatic rings. The van der Waals surface area contributed by atoms with Gasteiger partial charge in [0, 0.05) is 13.7 Å². The van der Waals surface area contributed by atoms with Crippen LogP contribution in [0.2, 0.25) is 0 Å². The highest BCUT2D eigenvalue weighted by atomic mass is 16.5. The Hall–Kier alpha value is -0.610. The van der Waals surface area contributed by atoms with Crippen LogP contribution in [0.1, 0.15) is 6.42 Å². The van der Waals surface area contributed by atoms with E-state index in [2.05, 4.69) is 4.74 Å². The van der Waals surface area contributed by atoms with E-state index in [1.807, 2.05) is 0 Å². The molecule has 0 heterocycles. The molecule has 9 heavy (non-hydrogen) atoms. The highest BCUT2D eigenvalue weighted by Crippen LogP contribution is 1.85. The lowest BCUT2D eigenvalue weighted by Crippen LogP contribution is -2.37. The molecule has 4 heteroatoms. The first-order valence-electron chi connectivity index (χ1n) is 2.72. The fourth-order valence-electron chi connectivity index (χ4n) is 0.387. The second-order valence-corrected chi connectivity index (χ2v) is 1.79. The monoisotopic (exact) mass is 132 g/mol. The Morgan fingerprint density at radius 2 is 2.33 bits per heavy atom. The molecule has 1 amide bonds. The maximum absolute atomic E-state index is 10.2. The van der Waals surface area contributed by atoms with Crippen molar-refractivity contribution in [2.45, 2.75) is 12.5 Å². The van der Waals surface area contributed by atoms with Gasteiger partial charge in [-0.15, -0.1) is 0 Å². The van der Waals surface area contributed by atoms with Crippen LogP contribution in [0.5, 0.6) is 0 Å². The SMILES string of the molecule is COCCC(N)C(N)=O. The molecule has 4 N–H and O–H groups in total. The Morgan fingerprint density at radius 3 is 2.67 bits per heavy atom. The molecule has 0 aromatic rings. The van der Waals surface area contributed by atoms with Crippen LogP contribution in [0.15, 0.2) is 0 Å². The Bertz CT molecular complexity index is 95.0. The summed E-state index contributed by atoms with van der Waals surface area (Å²) in [6, 6.07) is -0.565. The van der Waals surface area contributed by atoms with E-state index in [0.717, 1.165) is 0 Å². The van der Waals surface area contributed by atoms with Crippen molar-refractivity contribution in [1.82, 2.24) is 0 Å². The number of carbonyl (C=O) groups is 1. The predicted molar refractivity (Wildman–Crippen MR) is 33.7 cm³/mol. The zero-order valence-corrected chi connectivity index (χ0v) is 5.46. The molecule has 54 valence electrons. The molecule has 0 bridgehead atoms.